The number of aromatic nitrogens is 1. The highest BCUT2D eigenvalue weighted by Crippen LogP contribution is 2.39. The molecular formula is C46H55FN8O4. The van der Waals surface area contributed by atoms with E-state index >= 15 is 4.39 Å². The number of carbonyl (C=O) groups excluding carboxylic acids is 4. The number of aromatic amines is 1. The molecule has 310 valence electrons. The molecule has 1 aromatic heterocycles. The fourth-order valence-corrected chi connectivity index (χ4v) is 10.4. The molecule has 0 aliphatic carbocycles. The third kappa shape index (κ3) is 7.89. The van der Waals surface area contributed by atoms with Crippen LogP contribution in [0.4, 0.5) is 20.6 Å². The maximum atomic E-state index is 16.0. The highest BCUT2D eigenvalue weighted by atomic mass is 19.1. The summed E-state index contributed by atoms with van der Waals surface area (Å²) in [5.41, 5.74) is 12.1. The third-order valence-electron chi connectivity index (χ3n) is 13.8. The Balaban J connectivity index is 0.802. The van der Waals surface area contributed by atoms with Gasteiger partial charge in [0.2, 0.25) is 11.8 Å². The fraction of sp³-hybridized carbons (Fsp3) is 0.478. The second-order valence-electron chi connectivity index (χ2n) is 17.5. The number of amides is 5. The monoisotopic (exact) mass is 802 g/mol. The average molecular weight is 803 g/mol. The van der Waals surface area contributed by atoms with E-state index in [4.69, 9.17) is 5.73 Å². The first-order valence-electron chi connectivity index (χ1n) is 21.5. The summed E-state index contributed by atoms with van der Waals surface area (Å²) in [6, 6.07) is 20.2. The van der Waals surface area contributed by atoms with Gasteiger partial charge < -0.3 is 35.2 Å². The van der Waals surface area contributed by atoms with Crippen molar-refractivity contribution in [1.29, 1.82) is 0 Å². The van der Waals surface area contributed by atoms with E-state index < -0.39 is 11.7 Å². The summed E-state index contributed by atoms with van der Waals surface area (Å²) in [6.07, 6.45) is 7.23. The van der Waals surface area contributed by atoms with Gasteiger partial charge in [0.1, 0.15) is 5.82 Å². The lowest BCUT2D eigenvalue weighted by molar-refractivity contribution is -0.134. The fourth-order valence-electron chi connectivity index (χ4n) is 10.4. The average Bonchev–Trinajstić information content (AvgIpc) is 3.84. The van der Waals surface area contributed by atoms with Crippen LogP contribution in [0.2, 0.25) is 0 Å². The van der Waals surface area contributed by atoms with E-state index in [0.29, 0.717) is 67.4 Å². The summed E-state index contributed by atoms with van der Waals surface area (Å²) < 4.78 is 16.0. The van der Waals surface area contributed by atoms with E-state index in [1.807, 2.05) is 35.0 Å². The number of urea groups is 1. The number of nitrogens with two attached hydrogens (primary N) is 1. The molecule has 6 heterocycles. The summed E-state index contributed by atoms with van der Waals surface area (Å²) >= 11 is 0. The van der Waals surface area contributed by atoms with E-state index in [0.717, 1.165) is 88.1 Å². The van der Waals surface area contributed by atoms with Crippen LogP contribution < -0.4 is 20.9 Å². The Labute approximate surface area is 344 Å². The highest BCUT2D eigenvalue weighted by molar-refractivity contribution is 6.10. The number of primary amides is 1. The number of nitrogens with one attached hydrogen (secondary N) is 2. The third-order valence-corrected chi connectivity index (χ3v) is 13.8. The number of benzene rings is 3. The van der Waals surface area contributed by atoms with E-state index in [2.05, 4.69) is 56.5 Å². The van der Waals surface area contributed by atoms with E-state index in [9.17, 15) is 19.2 Å². The van der Waals surface area contributed by atoms with Crippen molar-refractivity contribution in [2.45, 2.75) is 69.2 Å². The number of H-pyrrole nitrogens is 1. The van der Waals surface area contributed by atoms with Crippen LogP contribution in [0.15, 0.2) is 60.7 Å². The summed E-state index contributed by atoms with van der Waals surface area (Å²) in [4.78, 5) is 63.4. The summed E-state index contributed by atoms with van der Waals surface area (Å²) in [5, 5.41) is 3.09. The van der Waals surface area contributed by atoms with Gasteiger partial charge in [-0.3, -0.25) is 19.7 Å². The van der Waals surface area contributed by atoms with Crippen LogP contribution in [0, 0.1) is 11.7 Å². The molecule has 5 aliphatic heterocycles. The van der Waals surface area contributed by atoms with Crippen LogP contribution in [-0.2, 0) is 9.59 Å². The first-order valence-corrected chi connectivity index (χ1v) is 21.5. The van der Waals surface area contributed by atoms with Crippen LogP contribution in [0.5, 0.6) is 0 Å². The second kappa shape index (κ2) is 16.3. The van der Waals surface area contributed by atoms with Gasteiger partial charge in [0, 0.05) is 76.0 Å². The normalized spacial score (nSPS) is 22.8. The van der Waals surface area contributed by atoms with Crippen LogP contribution in [-0.4, -0.2) is 115 Å². The van der Waals surface area contributed by atoms with E-state index in [-0.39, 0.29) is 35.4 Å². The number of likely N-dealkylation sites (N-methyl/N-ethyl adjacent to an activating group) is 1. The molecular weight excluding hydrogens is 748 g/mol. The molecule has 2 unspecified atom stereocenters. The number of hydrogen-bond acceptors (Lipinski definition) is 7. The molecule has 13 heteroatoms. The van der Waals surface area contributed by atoms with Gasteiger partial charge in [-0.05, 0) is 111 Å². The quantitative estimate of drug-likeness (QED) is 0.176. The first kappa shape index (κ1) is 39.1. The number of fused-ring (bicyclic) bond motifs is 1. The molecule has 4 aromatic rings. The van der Waals surface area contributed by atoms with Gasteiger partial charge in [-0.15, -0.1) is 0 Å². The number of imide groups is 1. The number of likely N-dealkylation sites (tertiary alicyclic amines) is 1. The van der Waals surface area contributed by atoms with Crippen molar-refractivity contribution >= 4 is 46.0 Å². The van der Waals surface area contributed by atoms with Crippen LogP contribution >= 0.6 is 0 Å². The van der Waals surface area contributed by atoms with Crippen LogP contribution in [0.1, 0.15) is 84.7 Å². The molecule has 5 fully saturated rings. The molecule has 12 nitrogen and oxygen atoms in total. The van der Waals surface area contributed by atoms with Crippen molar-refractivity contribution in [2.75, 3.05) is 75.8 Å². The molecule has 0 spiro atoms. The Hall–Kier alpha value is -5.43. The van der Waals surface area contributed by atoms with Crippen molar-refractivity contribution in [1.82, 2.24) is 25.0 Å². The van der Waals surface area contributed by atoms with Crippen LogP contribution in [0.25, 0.3) is 22.2 Å². The van der Waals surface area contributed by atoms with Gasteiger partial charge >= 0.3 is 6.03 Å². The lowest BCUT2D eigenvalue weighted by Gasteiger charge is -2.39. The number of piperidine rings is 4. The van der Waals surface area contributed by atoms with Gasteiger partial charge in [-0.25, -0.2) is 9.18 Å². The Morgan fingerprint density at radius 3 is 2.22 bits per heavy atom. The zero-order chi connectivity index (χ0) is 40.8. The molecule has 5 saturated heterocycles. The Kier molecular flexibility index (Phi) is 10.8. The van der Waals surface area contributed by atoms with Gasteiger partial charge in [-0.2, -0.15) is 0 Å². The largest absolute Gasteiger partial charge is 0.372 e. The van der Waals surface area contributed by atoms with Crippen LogP contribution in [0.3, 0.4) is 0 Å². The zero-order valence-corrected chi connectivity index (χ0v) is 33.9. The molecule has 5 amide bonds. The molecule has 0 saturated carbocycles. The van der Waals surface area contributed by atoms with Gasteiger partial charge in [0.25, 0.3) is 5.91 Å². The van der Waals surface area contributed by atoms with E-state index in [1.165, 1.54) is 17.3 Å². The van der Waals surface area contributed by atoms with Crippen molar-refractivity contribution in [3.8, 4) is 11.3 Å². The lowest BCUT2D eigenvalue weighted by Crippen LogP contribution is -2.49. The summed E-state index contributed by atoms with van der Waals surface area (Å²) in [7, 11) is 1.82. The SMILES string of the molecule is CN1CCN(C2CCCN(c3c(F)cc(C(N)=O)c4[nH]c(-c5ccc(C6CCN(CC7CCN(c8ccc(C9CCC(=O)NC9=O)cc8)CC7)CC6)cc5)cc34)C2)C1=O. The number of hydrogen-bond donors (Lipinski definition) is 3. The number of nitrogens with zero attached hydrogens (tertiary/aromatic N) is 5. The molecule has 0 radical (unpaired) electrons. The number of rotatable bonds is 9. The molecule has 0 bridgehead atoms. The molecule has 4 N–H and O–H groups in total. The maximum Gasteiger partial charge on any atom is 0.320 e. The minimum Gasteiger partial charge on any atom is -0.372 e. The van der Waals surface area contributed by atoms with Crippen molar-refractivity contribution in [3.05, 3.63) is 83.2 Å². The van der Waals surface area contributed by atoms with Gasteiger partial charge in [-0.1, -0.05) is 36.4 Å². The number of halogens is 1. The first-order chi connectivity index (χ1) is 28.6. The van der Waals surface area contributed by atoms with Crippen molar-refractivity contribution in [3.63, 3.8) is 0 Å². The zero-order valence-electron chi connectivity index (χ0n) is 33.9. The minimum absolute atomic E-state index is 0.00541. The Morgan fingerprint density at radius 2 is 1.54 bits per heavy atom. The van der Waals surface area contributed by atoms with Crippen molar-refractivity contribution in [2.24, 2.45) is 11.7 Å². The molecule has 2 atom stereocenters. The minimum atomic E-state index is -0.682. The predicted octanol–water partition coefficient (Wildman–Crippen LogP) is 6.03. The number of anilines is 2. The molecule has 5 aliphatic rings. The standard InChI is InChI=1S/C46H55FN8O4/c1-51-23-24-55(46(51)59)35-3-2-18-54(28-35)43-37-26-40(49-42(37)38(44(48)57)25-39(43)47)33-6-4-30(5-7-33)31-16-19-52(20-17-31)27-29-14-21-53(22-15-29)34-10-8-32(9-11-34)36-12-13-41(56)50-45(36)58/h4-11,25-26,29,31,35-36,49H,2-3,12-24,27-28H2,1H3,(H2,48,57)(H,50,56,58). The smallest absolute Gasteiger partial charge is 0.320 e. The summed E-state index contributed by atoms with van der Waals surface area (Å²) in [6.45, 7) is 7.91. The van der Waals surface area contributed by atoms with Gasteiger partial charge in [0.05, 0.1) is 28.7 Å². The topological polar surface area (TPSA) is 138 Å². The number of carbonyl (C=O) groups is 4. The van der Waals surface area contributed by atoms with Gasteiger partial charge in [0.15, 0.2) is 0 Å². The predicted molar refractivity (Wildman–Crippen MR) is 227 cm³/mol. The summed E-state index contributed by atoms with van der Waals surface area (Å²) in [5.74, 6) is -0.617. The molecule has 59 heavy (non-hydrogen) atoms. The molecule has 9 rings (SSSR count). The highest BCUT2D eigenvalue weighted by Gasteiger charge is 2.36. The Morgan fingerprint density at radius 1 is 0.814 bits per heavy atom. The van der Waals surface area contributed by atoms with E-state index in [1.54, 1.807) is 4.90 Å². The second-order valence-corrected chi connectivity index (χ2v) is 17.5. The molecule has 3 aromatic carbocycles. The maximum absolute atomic E-state index is 16.0. The Bertz CT molecular complexity index is 2230. The lowest BCUT2D eigenvalue weighted by atomic mass is 9.87. The van der Waals surface area contributed by atoms with Crippen molar-refractivity contribution < 1.29 is 23.6 Å².